The summed E-state index contributed by atoms with van der Waals surface area (Å²) >= 11 is 5.99. The molecule has 0 aliphatic heterocycles. The lowest BCUT2D eigenvalue weighted by molar-refractivity contribution is -0.138. The Kier molecular flexibility index (Phi) is 6.26. The maximum Gasteiger partial charge on any atom is 0.322 e. The minimum atomic E-state index is -1.14. The third-order valence-corrected chi connectivity index (χ3v) is 4.22. The summed E-state index contributed by atoms with van der Waals surface area (Å²) in [5, 5.41) is 15.1. The molecular formula is C18H22ClN3O4. The zero-order valence-electron chi connectivity index (χ0n) is 14.9. The highest BCUT2D eigenvalue weighted by Crippen LogP contribution is 2.22. The molecule has 1 aromatic carbocycles. The van der Waals surface area contributed by atoms with E-state index in [1.807, 2.05) is 19.9 Å². The first-order valence-electron chi connectivity index (χ1n) is 8.24. The molecule has 8 heteroatoms. The molecule has 0 radical (unpaired) electrons. The van der Waals surface area contributed by atoms with Crippen molar-refractivity contribution in [3.63, 3.8) is 0 Å². The average Bonchev–Trinajstić information content (AvgIpc) is 2.87. The summed E-state index contributed by atoms with van der Waals surface area (Å²) in [5.74, 6) is -1.92. The van der Waals surface area contributed by atoms with Gasteiger partial charge in [-0.3, -0.25) is 14.4 Å². The average molecular weight is 380 g/mol. The molecule has 0 unspecified atom stereocenters. The van der Waals surface area contributed by atoms with Crippen molar-refractivity contribution < 1.29 is 19.5 Å². The van der Waals surface area contributed by atoms with Crippen molar-refractivity contribution >= 4 is 40.3 Å². The summed E-state index contributed by atoms with van der Waals surface area (Å²) in [6.07, 6.45) is 0.396. The Labute approximate surface area is 156 Å². The van der Waals surface area contributed by atoms with Crippen LogP contribution in [0.2, 0.25) is 5.02 Å². The molecule has 0 fully saturated rings. The summed E-state index contributed by atoms with van der Waals surface area (Å²) in [7, 11) is 1.76. The molecular weight excluding hydrogens is 358 g/mol. The topological polar surface area (TPSA) is 100 Å². The van der Waals surface area contributed by atoms with Crippen LogP contribution in [0.25, 0.3) is 10.9 Å². The Morgan fingerprint density at radius 3 is 2.54 bits per heavy atom. The Morgan fingerprint density at radius 2 is 1.92 bits per heavy atom. The number of hydrogen-bond acceptors (Lipinski definition) is 3. The Hall–Kier alpha value is -2.54. The smallest absolute Gasteiger partial charge is 0.322 e. The van der Waals surface area contributed by atoms with E-state index >= 15 is 0 Å². The van der Waals surface area contributed by atoms with E-state index in [9.17, 15) is 14.4 Å². The van der Waals surface area contributed by atoms with E-state index in [0.717, 1.165) is 10.9 Å². The van der Waals surface area contributed by atoms with E-state index in [4.69, 9.17) is 16.7 Å². The van der Waals surface area contributed by atoms with E-state index in [1.165, 1.54) is 0 Å². The van der Waals surface area contributed by atoms with E-state index in [0.29, 0.717) is 17.1 Å². The molecule has 0 saturated carbocycles. The first-order valence-corrected chi connectivity index (χ1v) is 8.62. The van der Waals surface area contributed by atoms with Crippen LogP contribution in [-0.4, -0.2) is 40.0 Å². The molecule has 1 aromatic heterocycles. The number of benzene rings is 1. The van der Waals surface area contributed by atoms with Gasteiger partial charge >= 0.3 is 5.97 Å². The van der Waals surface area contributed by atoms with Crippen LogP contribution >= 0.6 is 11.6 Å². The number of carbonyl (C=O) groups excluding carboxylic acids is 2. The number of aliphatic carboxylic acids is 1. The Bertz CT molecular complexity index is 844. The van der Waals surface area contributed by atoms with Gasteiger partial charge in [0.05, 0.1) is 0 Å². The minimum absolute atomic E-state index is 0.141. The number of carboxylic acid groups (broad SMARTS) is 1. The molecule has 2 aromatic rings. The highest BCUT2D eigenvalue weighted by Gasteiger charge is 2.24. The highest BCUT2D eigenvalue weighted by atomic mass is 35.5. The maximum atomic E-state index is 12.7. The first kappa shape index (κ1) is 19.8. The van der Waals surface area contributed by atoms with Crippen molar-refractivity contribution in [1.29, 1.82) is 0 Å². The van der Waals surface area contributed by atoms with Crippen LogP contribution in [0.3, 0.4) is 0 Å². The number of nitrogens with zero attached hydrogens (tertiary/aromatic N) is 1. The lowest BCUT2D eigenvalue weighted by Crippen LogP contribution is -2.48. The molecule has 140 valence electrons. The number of aryl methyl sites for hydroxylation is 1. The number of aromatic nitrogens is 1. The van der Waals surface area contributed by atoms with Crippen LogP contribution in [0.15, 0.2) is 24.3 Å². The van der Waals surface area contributed by atoms with Gasteiger partial charge in [0.2, 0.25) is 5.91 Å². The Morgan fingerprint density at radius 1 is 1.23 bits per heavy atom. The fourth-order valence-corrected chi connectivity index (χ4v) is 2.94. The van der Waals surface area contributed by atoms with Gasteiger partial charge in [-0.25, -0.2) is 0 Å². The van der Waals surface area contributed by atoms with Crippen LogP contribution < -0.4 is 10.6 Å². The van der Waals surface area contributed by atoms with Gasteiger partial charge in [0.25, 0.3) is 5.91 Å². The minimum Gasteiger partial charge on any atom is -0.480 e. The van der Waals surface area contributed by atoms with Crippen molar-refractivity contribution in [2.45, 2.75) is 26.3 Å². The summed E-state index contributed by atoms with van der Waals surface area (Å²) in [5.41, 5.74) is 1.23. The van der Waals surface area contributed by atoms with Gasteiger partial charge in [0.15, 0.2) is 0 Å². The lowest BCUT2D eigenvalue weighted by atomic mass is 10.0. The predicted molar refractivity (Wildman–Crippen MR) is 99.3 cm³/mol. The molecule has 3 N–H and O–H groups in total. The number of hydrogen-bond donors (Lipinski definition) is 3. The first-order chi connectivity index (χ1) is 12.2. The van der Waals surface area contributed by atoms with Crippen LogP contribution in [0.5, 0.6) is 0 Å². The normalized spacial score (nSPS) is 12.2. The molecule has 7 nitrogen and oxygen atoms in total. The van der Waals surface area contributed by atoms with Crippen LogP contribution in [0, 0.1) is 5.92 Å². The molecule has 2 rings (SSSR count). The maximum absolute atomic E-state index is 12.7. The van der Waals surface area contributed by atoms with E-state index < -0.39 is 30.4 Å². The van der Waals surface area contributed by atoms with Crippen LogP contribution in [0.1, 0.15) is 30.8 Å². The number of halogens is 1. The molecule has 0 aliphatic carbocycles. The molecule has 0 bridgehead atoms. The number of fused-ring (bicyclic) bond motifs is 1. The zero-order chi connectivity index (χ0) is 19.4. The zero-order valence-corrected chi connectivity index (χ0v) is 15.6. The third-order valence-electron chi connectivity index (χ3n) is 3.98. The van der Waals surface area contributed by atoms with Gasteiger partial charge in [-0.15, -0.1) is 0 Å². The summed E-state index contributed by atoms with van der Waals surface area (Å²) in [6, 6.07) is 6.21. The SMILES string of the molecule is CC(C)C[C@H](NC(=O)c1cc2cc(Cl)ccc2n1C)C(=O)NCC(=O)O. The fraction of sp³-hybridized carbons (Fsp3) is 0.389. The number of amides is 2. The van der Waals surface area contributed by atoms with E-state index in [2.05, 4.69) is 10.6 Å². The second-order valence-electron chi connectivity index (χ2n) is 6.56. The molecule has 0 aliphatic rings. The van der Waals surface area contributed by atoms with Crippen molar-refractivity contribution in [2.75, 3.05) is 6.54 Å². The Balaban J connectivity index is 2.22. The molecule has 26 heavy (non-hydrogen) atoms. The number of carboxylic acids is 1. The predicted octanol–water partition coefficient (Wildman–Crippen LogP) is 2.18. The fourth-order valence-electron chi connectivity index (χ4n) is 2.76. The molecule has 1 atom stereocenters. The van der Waals surface area contributed by atoms with Gasteiger partial charge in [-0.05, 0) is 36.6 Å². The monoisotopic (exact) mass is 379 g/mol. The standard InChI is InChI=1S/C18H22ClN3O4/c1-10(2)6-13(17(25)20-9-16(23)24)21-18(26)15-8-11-7-12(19)4-5-14(11)22(15)3/h4-5,7-8,10,13H,6,9H2,1-3H3,(H,20,25)(H,21,26)(H,23,24)/t13-/m0/s1. The summed E-state index contributed by atoms with van der Waals surface area (Å²) in [6.45, 7) is 3.35. The summed E-state index contributed by atoms with van der Waals surface area (Å²) in [4.78, 5) is 35.6. The van der Waals surface area contributed by atoms with Crippen molar-refractivity contribution in [1.82, 2.24) is 15.2 Å². The van der Waals surface area contributed by atoms with Gasteiger partial charge in [-0.1, -0.05) is 25.4 Å². The van der Waals surface area contributed by atoms with Crippen LogP contribution in [-0.2, 0) is 16.6 Å². The van der Waals surface area contributed by atoms with Gasteiger partial charge in [-0.2, -0.15) is 0 Å². The van der Waals surface area contributed by atoms with Crippen molar-refractivity contribution in [3.05, 3.63) is 35.0 Å². The second kappa shape index (κ2) is 8.23. The van der Waals surface area contributed by atoms with Gasteiger partial charge in [0, 0.05) is 23.0 Å². The van der Waals surface area contributed by atoms with E-state index in [-0.39, 0.29) is 5.92 Å². The number of rotatable bonds is 7. The second-order valence-corrected chi connectivity index (χ2v) is 7.00. The van der Waals surface area contributed by atoms with Crippen LogP contribution in [0.4, 0.5) is 0 Å². The number of nitrogens with one attached hydrogen (secondary N) is 2. The van der Waals surface area contributed by atoms with Crippen molar-refractivity contribution in [2.24, 2.45) is 13.0 Å². The van der Waals surface area contributed by atoms with E-state index in [1.54, 1.807) is 29.8 Å². The lowest BCUT2D eigenvalue weighted by Gasteiger charge is -2.20. The molecule has 1 heterocycles. The third kappa shape index (κ3) is 4.76. The van der Waals surface area contributed by atoms with Gasteiger partial charge in [0.1, 0.15) is 18.3 Å². The molecule has 0 spiro atoms. The molecule has 0 saturated heterocycles. The summed E-state index contributed by atoms with van der Waals surface area (Å²) < 4.78 is 1.72. The number of carbonyl (C=O) groups is 3. The highest BCUT2D eigenvalue weighted by molar-refractivity contribution is 6.31. The van der Waals surface area contributed by atoms with Gasteiger partial charge < -0.3 is 20.3 Å². The van der Waals surface area contributed by atoms with Crippen molar-refractivity contribution in [3.8, 4) is 0 Å². The largest absolute Gasteiger partial charge is 0.480 e. The quantitative estimate of drug-likeness (QED) is 0.686. The molecule has 2 amide bonds.